The van der Waals surface area contributed by atoms with Crippen molar-refractivity contribution in [3.63, 3.8) is 0 Å². The highest BCUT2D eigenvalue weighted by molar-refractivity contribution is 6.21. The third kappa shape index (κ3) is 3.91. The predicted octanol–water partition coefficient (Wildman–Crippen LogP) is 7.84. The van der Waals surface area contributed by atoms with E-state index in [2.05, 4.69) is 53.5 Å². The smallest absolute Gasteiger partial charge is 0.193 e. The second-order valence-electron chi connectivity index (χ2n) is 9.77. The van der Waals surface area contributed by atoms with Gasteiger partial charge in [-0.1, -0.05) is 121 Å². The van der Waals surface area contributed by atoms with Gasteiger partial charge in [0.15, 0.2) is 17.2 Å². The molecule has 1 N–H and O–H groups in total. The van der Waals surface area contributed by atoms with Crippen LogP contribution in [0.3, 0.4) is 0 Å². The second kappa shape index (κ2) is 9.79. The number of nitrogens with zero attached hydrogens (tertiary/aromatic N) is 3. The first kappa shape index (κ1) is 23.8. The number of imidazole rings is 1. The molecule has 1 unspecified atom stereocenters. The fourth-order valence-corrected chi connectivity index (χ4v) is 5.48. The van der Waals surface area contributed by atoms with Crippen molar-refractivity contribution >= 4 is 11.5 Å². The summed E-state index contributed by atoms with van der Waals surface area (Å²) >= 11 is 0. The first-order valence-electron chi connectivity index (χ1n) is 13.3. The first-order valence-corrected chi connectivity index (χ1v) is 13.3. The lowest BCUT2D eigenvalue weighted by Crippen LogP contribution is -2.34. The van der Waals surface area contributed by atoms with Crippen LogP contribution in [-0.2, 0) is 5.54 Å². The zero-order valence-electron chi connectivity index (χ0n) is 22.0. The maximum absolute atomic E-state index is 5.84. The summed E-state index contributed by atoms with van der Waals surface area (Å²) in [4.78, 5) is 19.4. The lowest BCUT2D eigenvalue weighted by molar-refractivity contribution is 0.523. The summed E-state index contributed by atoms with van der Waals surface area (Å²) in [7, 11) is 0. The minimum absolute atomic E-state index is 0.544. The van der Waals surface area contributed by atoms with Gasteiger partial charge >= 0.3 is 0 Å². The number of H-pyrrole nitrogens is 1. The van der Waals surface area contributed by atoms with Gasteiger partial charge in [-0.2, -0.15) is 0 Å². The highest BCUT2D eigenvalue weighted by Gasteiger charge is 2.46. The highest BCUT2D eigenvalue weighted by Crippen LogP contribution is 2.44. The Hall–Kier alpha value is -5.29. The lowest BCUT2D eigenvalue weighted by Gasteiger charge is -2.29. The van der Waals surface area contributed by atoms with Crippen LogP contribution in [0.5, 0.6) is 0 Å². The molecule has 0 bridgehead atoms. The van der Waals surface area contributed by atoms with Gasteiger partial charge in [0.1, 0.15) is 5.76 Å². The Labute approximate surface area is 232 Å². The normalized spacial score (nSPS) is 16.5. The average Bonchev–Trinajstić information content (AvgIpc) is 3.76. The molecule has 0 radical (unpaired) electrons. The van der Waals surface area contributed by atoms with Crippen molar-refractivity contribution in [2.75, 3.05) is 0 Å². The van der Waals surface area contributed by atoms with Crippen LogP contribution in [0.15, 0.2) is 148 Å². The van der Waals surface area contributed by atoms with Crippen LogP contribution in [-0.4, -0.2) is 21.5 Å². The largest absolute Gasteiger partial charge is 0.469 e. The number of aromatic amines is 1. The van der Waals surface area contributed by atoms with Crippen LogP contribution in [0.4, 0.5) is 0 Å². The van der Waals surface area contributed by atoms with Gasteiger partial charge in [0.05, 0.1) is 23.4 Å². The molecule has 0 amide bonds. The minimum Gasteiger partial charge on any atom is -0.469 e. The van der Waals surface area contributed by atoms with Crippen LogP contribution in [0, 0.1) is 6.92 Å². The molecule has 1 aliphatic heterocycles. The molecule has 1 aliphatic rings. The maximum Gasteiger partial charge on any atom is 0.193 e. The lowest BCUT2D eigenvalue weighted by atomic mass is 9.77. The summed E-state index contributed by atoms with van der Waals surface area (Å²) in [5.74, 6) is 1.96. The number of hydrogen-bond donors (Lipinski definition) is 1. The van der Waals surface area contributed by atoms with Gasteiger partial charge in [0, 0.05) is 16.7 Å². The molecular formula is C35H26N4O. The minimum atomic E-state index is -0.901. The van der Waals surface area contributed by atoms with Gasteiger partial charge < -0.3 is 9.40 Å². The van der Waals surface area contributed by atoms with Gasteiger partial charge in [0.25, 0.3) is 0 Å². The van der Waals surface area contributed by atoms with Crippen molar-refractivity contribution in [1.82, 2.24) is 9.97 Å². The van der Waals surface area contributed by atoms with Gasteiger partial charge in [0.2, 0.25) is 0 Å². The molecule has 3 heterocycles. The Bertz CT molecular complexity index is 1780. The molecule has 7 rings (SSSR count). The predicted molar refractivity (Wildman–Crippen MR) is 160 cm³/mol. The molecule has 4 aromatic carbocycles. The van der Waals surface area contributed by atoms with E-state index in [0.717, 1.165) is 50.7 Å². The van der Waals surface area contributed by atoms with Crippen LogP contribution < -0.4 is 0 Å². The van der Waals surface area contributed by atoms with E-state index in [0.29, 0.717) is 11.7 Å². The number of hydrogen-bond acceptors (Lipinski definition) is 4. The Balaban J connectivity index is 1.50. The Morgan fingerprint density at radius 2 is 1.23 bits per heavy atom. The van der Waals surface area contributed by atoms with Crippen molar-refractivity contribution in [1.29, 1.82) is 0 Å². The molecule has 0 spiro atoms. The second-order valence-corrected chi connectivity index (χ2v) is 9.77. The van der Waals surface area contributed by atoms with E-state index in [4.69, 9.17) is 19.4 Å². The van der Waals surface area contributed by atoms with E-state index in [1.807, 2.05) is 85.8 Å². The number of aryl methyl sites for hydroxylation is 1. The fourth-order valence-electron chi connectivity index (χ4n) is 5.48. The summed E-state index contributed by atoms with van der Waals surface area (Å²) in [6.07, 6.45) is 1.72. The summed E-state index contributed by atoms with van der Waals surface area (Å²) in [5.41, 5.74) is 6.74. The molecule has 0 fully saturated rings. The van der Waals surface area contributed by atoms with E-state index >= 15 is 0 Å². The monoisotopic (exact) mass is 518 g/mol. The zero-order chi connectivity index (χ0) is 26.9. The van der Waals surface area contributed by atoms with E-state index in [1.54, 1.807) is 6.26 Å². The van der Waals surface area contributed by atoms with E-state index in [1.165, 1.54) is 0 Å². The average molecular weight is 519 g/mol. The highest BCUT2D eigenvalue weighted by atomic mass is 16.3. The standard InChI is InChI=1S/C35H26N4O/c1-24-29(22-23-40-24)35(28-20-12-5-13-21-28)32(27-18-10-4-11-19-27)38-34(39-35)33-36-30(25-14-6-2-7-15-25)31(37-33)26-16-8-3-9-17-26/h2-23H,1H3,(H,36,37). The third-order valence-corrected chi connectivity index (χ3v) is 7.35. The van der Waals surface area contributed by atoms with Gasteiger partial charge in [-0.05, 0) is 24.1 Å². The topological polar surface area (TPSA) is 66.5 Å². The quantitative estimate of drug-likeness (QED) is 0.244. The Morgan fingerprint density at radius 3 is 1.82 bits per heavy atom. The zero-order valence-corrected chi connectivity index (χ0v) is 22.0. The van der Waals surface area contributed by atoms with E-state index in [-0.39, 0.29) is 0 Å². The molecule has 0 aliphatic carbocycles. The number of aliphatic imine (C=N–C) groups is 2. The van der Waals surface area contributed by atoms with Gasteiger partial charge in [-0.25, -0.2) is 15.0 Å². The Morgan fingerprint density at radius 1 is 0.650 bits per heavy atom. The summed E-state index contributed by atoms with van der Waals surface area (Å²) in [5, 5.41) is 0. The van der Waals surface area contributed by atoms with Crippen LogP contribution in [0.25, 0.3) is 22.5 Å². The van der Waals surface area contributed by atoms with Crippen LogP contribution in [0.1, 0.15) is 28.3 Å². The van der Waals surface area contributed by atoms with Crippen molar-refractivity contribution in [2.24, 2.45) is 9.98 Å². The third-order valence-electron chi connectivity index (χ3n) is 7.35. The number of aromatic nitrogens is 2. The summed E-state index contributed by atoms with van der Waals surface area (Å²) in [6.45, 7) is 1.98. The molecule has 0 saturated heterocycles. The molecule has 6 aromatic rings. The number of rotatable bonds is 6. The molecule has 5 nitrogen and oxygen atoms in total. The molecular weight excluding hydrogens is 492 g/mol. The molecule has 5 heteroatoms. The van der Waals surface area contributed by atoms with Crippen molar-refractivity contribution < 1.29 is 4.42 Å². The van der Waals surface area contributed by atoms with Crippen molar-refractivity contribution in [3.05, 3.63) is 162 Å². The first-order chi connectivity index (χ1) is 19.7. The summed E-state index contributed by atoms with van der Waals surface area (Å²) in [6, 6.07) is 43.0. The fraction of sp³-hybridized carbons (Fsp3) is 0.0571. The Kier molecular flexibility index (Phi) is 5.82. The molecule has 192 valence electrons. The SMILES string of the molecule is Cc1occc1C1(c2ccccc2)N=C(c2nc(-c3ccccc3)c(-c3ccccc3)[nH]2)N=C1c1ccccc1. The number of benzene rings is 4. The van der Waals surface area contributed by atoms with Gasteiger partial charge in [-0.15, -0.1) is 0 Å². The molecule has 0 saturated carbocycles. The number of furan rings is 1. The van der Waals surface area contributed by atoms with Gasteiger partial charge in [-0.3, -0.25) is 0 Å². The van der Waals surface area contributed by atoms with Crippen LogP contribution >= 0.6 is 0 Å². The van der Waals surface area contributed by atoms with Crippen molar-refractivity contribution in [2.45, 2.75) is 12.5 Å². The molecule has 2 aromatic heterocycles. The maximum atomic E-state index is 5.84. The number of amidine groups is 1. The molecule has 1 atom stereocenters. The van der Waals surface area contributed by atoms with E-state index < -0.39 is 5.54 Å². The molecule has 40 heavy (non-hydrogen) atoms. The summed E-state index contributed by atoms with van der Waals surface area (Å²) < 4.78 is 5.84. The number of nitrogens with one attached hydrogen (secondary N) is 1. The van der Waals surface area contributed by atoms with E-state index in [9.17, 15) is 0 Å². The van der Waals surface area contributed by atoms with Crippen LogP contribution in [0.2, 0.25) is 0 Å². The van der Waals surface area contributed by atoms with Crippen molar-refractivity contribution in [3.8, 4) is 22.5 Å².